The summed E-state index contributed by atoms with van der Waals surface area (Å²) < 4.78 is 2.62. The fourth-order valence-corrected chi connectivity index (χ4v) is 7.13. The normalized spacial score (nSPS) is 11.5. The average Bonchev–Trinajstić information content (AvgIpc) is 3.40. The molecule has 8 aromatic rings. The Kier molecular flexibility index (Phi) is 5.39. The molecule has 0 fully saturated rings. The Balaban J connectivity index is 1.34. The van der Waals surface area contributed by atoms with E-state index in [-0.39, 0.29) is 0 Å². The van der Waals surface area contributed by atoms with E-state index in [1.54, 1.807) is 0 Å². The third-order valence-electron chi connectivity index (χ3n) is 7.83. The first-order valence-corrected chi connectivity index (χ1v) is 14.4. The molecule has 0 bridgehead atoms. The lowest BCUT2D eigenvalue weighted by Crippen LogP contribution is -2.09. The average molecular weight is 528 g/mol. The van der Waals surface area contributed by atoms with E-state index in [9.17, 15) is 0 Å². The molecule has 0 saturated carbocycles. The summed E-state index contributed by atoms with van der Waals surface area (Å²) in [5.41, 5.74) is 5.94. The van der Waals surface area contributed by atoms with E-state index in [4.69, 9.17) is 0 Å². The summed E-state index contributed by atoms with van der Waals surface area (Å²) in [5, 5.41) is 7.81. The topological polar surface area (TPSA) is 3.24 Å². The predicted molar refractivity (Wildman–Crippen MR) is 174 cm³/mol. The fraction of sp³-hybridized carbons (Fsp3) is 0. The molecule has 2 heteroatoms. The third-order valence-corrected chi connectivity index (χ3v) is 9.02. The highest BCUT2D eigenvalue weighted by Crippen LogP contribution is 2.46. The molecule has 7 aromatic carbocycles. The van der Waals surface area contributed by atoms with Crippen LogP contribution >= 0.6 is 11.3 Å². The molecule has 40 heavy (non-hydrogen) atoms. The van der Waals surface area contributed by atoms with Crippen LogP contribution in [-0.4, -0.2) is 0 Å². The van der Waals surface area contributed by atoms with Crippen molar-refractivity contribution >= 4 is 70.1 Å². The maximum Gasteiger partial charge on any atom is 0.0640 e. The second kappa shape index (κ2) is 9.37. The van der Waals surface area contributed by atoms with Crippen molar-refractivity contribution in [3.05, 3.63) is 152 Å². The minimum absolute atomic E-state index is 1.15. The molecule has 1 heterocycles. The summed E-state index contributed by atoms with van der Waals surface area (Å²) >= 11 is 1.89. The number of hydrogen-bond acceptors (Lipinski definition) is 2. The smallest absolute Gasteiger partial charge is 0.0640 e. The third kappa shape index (κ3) is 3.77. The van der Waals surface area contributed by atoms with Crippen LogP contribution in [-0.2, 0) is 0 Å². The molecule has 0 atom stereocenters. The van der Waals surface area contributed by atoms with Crippen molar-refractivity contribution in [3.63, 3.8) is 0 Å². The van der Waals surface area contributed by atoms with Crippen molar-refractivity contribution in [2.24, 2.45) is 0 Å². The Bertz CT molecular complexity index is 2140. The van der Waals surface area contributed by atoms with Crippen LogP contribution in [0.4, 0.5) is 17.1 Å². The highest BCUT2D eigenvalue weighted by atomic mass is 32.1. The van der Waals surface area contributed by atoms with Crippen molar-refractivity contribution < 1.29 is 0 Å². The first kappa shape index (κ1) is 23.0. The Morgan fingerprint density at radius 2 is 1.05 bits per heavy atom. The highest BCUT2D eigenvalue weighted by molar-refractivity contribution is 7.26. The molecule has 1 nitrogen and oxygen atoms in total. The van der Waals surface area contributed by atoms with Crippen LogP contribution in [0.3, 0.4) is 0 Å². The van der Waals surface area contributed by atoms with E-state index in [1.165, 1.54) is 58.5 Å². The van der Waals surface area contributed by atoms with Crippen LogP contribution in [0, 0.1) is 0 Å². The van der Waals surface area contributed by atoms with Gasteiger partial charge in [-0.15, -0.1) is 11.3 Å². The minimum atomic E-state index is 1.15. The Labute approximate surface area is 237 Å². The SMILES string of the molecule is c1ccc(-c2ccc(N(c3ccccc3)c3cccc4c3sc3cc5c(ccc6ccccc65)cc34)cc2)cc1. The summed E-state index contributed by atoms with van der Waals surface area (Å²) in [6.45, 7) is 0. The monoisotopic (exact) mass is 527 g/mol. The largest absolute Gasteiger partial charge is 0.309 e. The van der Waals surface area contributed by atoms with E-state index in [0.29, 0.717) is 0 Å². The number of nitrogens with zero attached hydrogens (tertiary/aromatic N) is 1. The second-order valence-corrected chi connectivity index (χ2v) is 11.2. The molecular weight excluding hydrogens is 502 g/mol. The van der Waals surface area contributed by atoms with Gasteiger partial charge in [0, 0.05) is 26.8 Å². The molecule has 0 N–H and O–H groups in total. The summed E-state index contributed by atoms with van der Waals surface area (Å²) in [6, 6.07) is 54.9. The van der Waals surface area contributed by atoms with Gasteiger partial charge in [-0.25, -0.2) is 0 Å². The molecule has 0 aliphatic heterocycles. The Morgan fingerprint density at radius 3 is 1.88 bits per heavy atom. The van der Waals surface area contributed by atoms with Crippen LogP contribution in [0.1, 0.15) is 0 Å². The molecular formula is C38H25NS. The van der Waals surface area contributed by atoms with E-state index < -0.39 is 0 Å². The minimum Gasteiger partial charge on any atom is -0.309 e. The summed E-state index contributed by atoms with van der Waals surface area (Å²) in [5.74, 6) is 0. The van der Waals surface area contributed by atoms with E-state index >= 15 is 0 Å². The molecule has 0 unspecified atom stereocenters. The quantitative estimate of drug-likeness (QED) is 0.206. The van der Waals surface area contributed by atoms with Crippen molar-refractivity contribution in [2.45, 2.75) is 0 Å². The number of fused-ring (bicyclic) bond motifs is 6. The maximum atomic E-state index is 2.39. The van der Waals surface area contributed by atoms with E-state index in [2.05, 4.69) is 157 Å². The van der Waals surface area contributed by atoms with Gasteiger partial charge in [0.25, 0.3) is 0 Å². The molecule has 0 radical (unpaired) electrons. The number of para-hydroxylation sites is 1. The lowest BCUT2D eigenvalue weighted by molar-refractivity contribution is 1.30. The standard InChI is InChI=1S/C38H25NS/c1-3-10-26(11-4-1)27-20-22-31(23-21-27)39(30-13-5-2-6-14-30)36-17-9-16-33-35-24-29-19-18-28-12-7-8-15-32(28)34(29)25-37(35)40-38(33)36/h1-25H. The summed E-state index contributed by atoms with van der Waals surface area (Å²) in [4.78, 5) is 2.39. The van der Waals surface area contributed by atoms with Gasteiger partial charge in [-0.2, -0.15) is 0 Å². The van der Waals surface area contributed by atoms with E-state index in [1.807, 2.05) is 11.3 Å². The lowest BCUT2D eigenvalue weighted by Gasteiger charge is -2.26. The number of thiophene rings is 1. The summed E-state index contributed by atoms with van der Waals surface area (Å²) in [6.07, 6.45) is 0. The maximum absolute atomic E-state index is 2.39. The van der Waals surface area contributed by atoms with Crippen molar-refractivity contribution in [2.75, 3.05) is 4.90 Å². The van der Waals surface area contributed by atoms with Crippen LogP contribution in [0.25, 0.3) is 52.8 Å². The molecule has 8 rings (SSSR count). The van der Waals surface area contributed by atoms with Gasteiger partial charge in [-0.3, -0.25) is 0 Å². The van der Waals surface area contributed by atoms with Crippen molar-refractivity contribution in [1.82, 2.24) is 0 Å². The second-order valence-electron chi connectivity index (χ2n) is 10.2. The molecule has 0 aliphatic rings. The van der Waals surface area contributed by atoms with Gasteiger partial charge in [0.1, 0.15) is 0 Å². The number of anilines is 3. The zero-order valence-electron chi connectivity index (χ0n) is 21.8. The number of hydrogen-bond donors (Lipinski definition) is 0. The first-order valence-electron chi connectivity index (χ1n) is 13.6. The van der Waals surface area contributed by atoms with Crippen LogP contribution in [0.2, 0.25) is 0 Å². The Hall–Kier alpha value is -4.92. The molecule has 0 aliphatic carbocycles. The van der Waals surface area contributed by atoms with Gasteiger partial charge < -0.3 is 4.90 Å². The van der Waals surface area contributed by atoms with Gasteiger partial charge in [0.05, 0.1) is 10.4 Å². The molecule has 0 spiro atoms. The van der Waals surface area contributed by atoms with Gasteiger partial charge in [0.15, 0.2) is 0 Å². The zero-order valence-corrected chi connectivity index (χ0v) is 22.6. The molecule has 1 aromatic heterocycles. The van der Waals surface area contributed by atoms with Crippen molar-refractivity contribution in [1.29, 1.82) is 0 Å². The van der Waals surface area contributed by atoms with Crippen molar-refractivity contribution in [3.8, 4) is 11.1 Å². The number of rotatable bonds is 4. The van der Waals surface area contributed by atoms with Crippen LogP contribution in [0.15, 0.2) is 152 Å². The zero-order chi connectivity index (χ0) is 26.5. The molecule has 0 saturated heterocycles. The van der Waals surface area contributed by atoms with E-state index in [0.717, 1.165) is 11.4 Å². The molecule has 188 valence electrons. The Morgan fingerprint density at radius 1 is 0.400 bits per heavy atom. The highest BCUT2D eigenvalue weighted by Gasteiger charge is 2.18. The predicted octanol–water partition coefficient (Wildman–Crippen LogP) is 11.5. The van der Waals surface area contributed by atoms with Crippen LogP contribution in [0.5, 0.6) is 0 Å². The van der Waals surface area contributed by atoms with Crippen LogP contribution < -0.4 is 4.90 Å². The van der Waals surface area contributed by atoms with Gasteiger partial charge in [-0.05, 0) is 75.1 Å². The first-order chi connectivity index (χ1) is 19.8. The fourth-order valence-electron chi connectivity index (χ4n) is 5.90. The number of benzene rings is 7. The van der Waals surface area contributed by atoms with Gasteiger partial charge in [0.2, 0.25) is 0 Å². The molecule has 0 amide bonds. The van der Waals surface area contributed by atoms with Gasteiger partial charge in [-0.1, -0.05) is 109 Å². The lowest BCUT2D eigenvalue weighted by atomic mass is 10.00. The van der Waals surface area contributed by atoms with Gasteiger partial charge >= 0.3 is 0 Å². The summed E-state index contributed by atoms with van der Waals surface area (Å²) in [7, 11) is 0.